The molecule has 2 bridgehead atoms. The topological polar surface area (TPSA) is 12.0 Å². The third-order valence-corrected chi connectivity index (χ3v) is 6.57. The van der Waals surface area contributed by atoms with Crippen LogP contribution in [-0.4, -0.2) is 13.1 Å². The standard InChI is InChI=1S/C17H21BrFN/c1-20-14(8-11-7-12(18)4-5-13(11)19)17-15-9-2-3-10(6-9)16(15)17/h4-5,7,9-10,14-17,20H,2-3,6,8H2,1H3. The Morgan fingerprint density at radius 3 is 2.65 bits per heavy atom. The summed E-state index contributed by atoms with van der Waals surface area (Å²) in [4.78, 5) is 0. The molecule has 4 rings (SSSR count). The van der Waals surface area contributed by atoms with Gasteiger partial charge in [-0.25, -0.2) is 4.39 Å². The molecule has 1 aromatic rings. The number of halogens is 2. The van der Waals surface area contributed by atoms with Gasteiger partial charge in [0.1, 0.15) is 5.82 Å². The normalized spacial score (nSPS) is 38.9. The highest BCUT2D eigenvalue weighted by atomic mass is 79.9. The molecule has 1 N–H and O–H groups in total. The molecule has 3 saturated carbocycles. The average Bonchev–Trinajstić information content (AvgIpc) is 2.87. The number of rotatable bonds is 4. The van der Waals surface area contributed by atoms with Crippen LogP contribution in [0.3, 0.4) is 0 Å². The first-order valence-corrected chi connectivity index (χ1v) is 8.59. The summed E-state index contributed by atoms with van der Waals surface area (Å²) in [5, 5.41) is 3.47. The minimum atomic E-state index is -0.0674. The van der Waals surface area contributed by atoms with Crippen molar-refractivity contribution in [1.82, 2.24) is 5.32 Å². The van der Waals surface area contributed by atoms with E-state index in [1.807, 2.05) is 13.1 Å². The van der Waals surface area contributed by atoms with E-state index in [2.05, 4.69) is 21.2 Å². The van der Waals surface area contributed by atoms with Gasteiger partial charge in [-0.3, -0.25) is 0 Å². The van der Waals surface area contributed by atoms with E-state index in [1.54, 1.807) is 12.1 Å². The van der Waals surface area contributed by atoms with Crippen LogP contribution in [0.2, 0.25) is 0 Å². The van der Waals surface area contributed by atoms with E-state index in [9.17, 15) is 4.39 Å². The first-order valence-electron chi connectivity index (χ1n) is 7.80. The third-order valence-electron chi connectivity index (χ3n) is 6.08. The molecule has 0 spiro atoms. The summed E-state index contributed by atoms with van der Waals surface area (Å²) in [5.41, 5.74) is 0.844. The molecule has 3 heteroatoms. The van der Waals surface area contributed by atoms with Gasteiger partial charge in [-0.2, -0.15) is 0 Å². The average molecular weight is 338 g/mol. The predicted molar refractivity (Wildman–Crippen MR) is 82.0 cm³/mol. The minimum Gasteiger partial charge on any atom is -0.316 e. The van der Waals surface area contributed by atoms with Crippen LogP contribution in [0.1, 0.15) is 24.8 Å². The van der Waals surface area contributed by atoms with Crippen LogP contribution in [0.5, 0.6) is 0 Å². The highest BCUT2D eigenvalue weighted by Gasteiger charge is 2.66. The number of fused-ring (bicyclic) bond motifs is 5. The summed E-state index contributed by atoms with van der Waals surface area (Å²) >= 11 is 3.45. The maximum absolute atomic E-state index is 14.0. The molecule has 3 fully saturated rings. The minimum absolute atomic E-state index is 0.0674. The Hall–Kier alpha value is -0.410. The van der Waals surface area contributed by atoms with Gasteiger partial charge < -0.3 is 5.32 Å². The fourth-order valence-corrected chi connectivity index (χ4v) is 5.71. The predicted octanol–water partition coefficient (Wildman–Crippen LogP) is 4.01. The van der Waals surface area contributed by atoms with Gasteiger partial charge in [0.25, 0.3) is 0 Å². The summed E-state index contributed by atoms with van der Waals surface area (Å²) in [7, 11) is 2.04. The largest absolute Gasteiger partial charge is 0.316 e. The van der Waals surface area contributed by atoms with Gasteiger partial charge in [0.15, 0.2) is 0 Å². The summed E-state index contributed by atoms with van der Waals surface area (Å²) in [6.07, 6.45) is 5.19. The second kappa shape index (κ2) is 4.81. The van der Waals surface area contributed by atoms with Crippen LogP contribution in [0.15, 0.2) is 22.7 Å². The van der Waals surface area contributed by atoms with E-state index in [-0.39, 0.29) is 5.82 Å². The lowest BCUT2D eigenvalue weighted by Crippen LogP contribution is -2.32. The molecule has 108 valence electrons. The first-order chi connectivity index (χ1) is 9.69. The number of nitrogens with one attached hydrogen (secondary N) is 1. The van der Waals surface area contributed by atoms with Gasteiger partial charge in [-0.05, 0) is 86.1 Å². The molecule has 0 aliphatic heterocycles. The van der Waals surface area contributed by atoms with E-state index in [0.29, 0.717) is 6.04 Å². The zero-order valence-corrected chi connectivity index (χ0v) is 13.4. The molecule has 0 radical (unpaired) electrons. The fraction of sp³-hybridized carbons (Fsp3) is 0.647. The zero-order valence-electron chi connectivity index (χ0n) is 11.8. The Bertz CT molecular complexity index is 516. The van der Waals surface area contributed by atoms with Gasteiger partial charge in [-0.1, -0.05) is 15.9 Å². The molecule has 20 heavy (non-hydrogen) atoms. The molecule has 5 unspecified atom stereocenters. The second-order valence-corrected chi connectivity index (χ2v) is 7.82. The van der Waals surface area contributed by atoms with Crippen LogP contribution >= 0.6 is 15.9 Å². The van der Waals surface area contributed by atoms with Crippen LogP contribution in [0, 0.1) is 35.4 Å². The molecule has 5 atom stereocenters. The van der Waals surface area contributed by atoms with Crippen LogP contribution in [0.4, 0.5) is 4.39 Å². The summed E-state index contributed by atoms with van der Waals surface area (Å²) in [6.45, 7) is 0. The summed E-state index contributed by atoms with van der Waals surface area (Å²) < 4.78 is 14.9. The summed E-state index contributed by atoms with van der Waals surface area (Å²) in [5.74, 6) is 4.59. The first kappa shape index (κ1) is 13.3. The molecule has 3 aliphatic carbocycles. The van der Waals surface area contributed by atoms with Crippen molar-refractivity contribution in [3.05, 3.63) is 34.1 Å². The lowest BCUT2D eigenvalue weighted by atomic mass is 9.93. The van der Waals surface area contributed by atoms with E-state index >= 15 is 0 Å². The highest BCUT2D eigenvalue weighted by Crippen LogP contribution is 2.70. The molecule has 0 heterocycles. The van der Waals surface area contributed by atoms with Crippen LogP contribution in [0.25, 0.3) is 0 Å². The second-order valence-electron chi connectivity index (χ2n) is 6.90. The molecule has 1 aromatic carbocycles. The number of likely N-dealkylation sites (N-methyl/N-ethyl adjacent to an activating group) is 1. The molecule has 0 saturated heterocycles. The lowest BCUT2D eigenvalue weighted by molar-refractivity contribution is 0.373. The molecule has 3 aliphatic rings. The number of hydrogen-bond donors (Lipinski definition) is 1. The maximum atomic E-state index is 14.0. The molecule has 0 amide bonds. The van der Waals surface area contributed by atoms with Crippen molar-refractivity contribution < 1.29 is 4.39 Å². The van der Waals surface area contributed by atoms with Gasteiger partial charge in [-0.15, -0.1) is 0 Å². The maximum Gasteiger partial charge on any atom is 0.126 e. The van der Waals surface area contributed by atoms with Gasteiger partial charge in [0, 0.05) is 10.5 Å². The van der Waals surface area contributed by atoms with Crippen LogP contribution in [-0.2, 0) is 6.42 Å². The van der Waals surface area contributed by atoms with E-state index in [0.717, 1.165) is 46.0 Å². The Balaban J connectivity index is 1.51. The zero-order chi connectivity index (χ0) is 13.9. The van der Waals surface area contributed by atoms with Crippen molar-refractivity contribution in [3.8, 4) is 0 Å². The Labute approximate surface area is 128 Å². The number of hydrogen-bond acceptors (Lipinski definition) is 1. The summed E-state index contributed by atoms with van der Waals surface area (Å²) in [6, 6.07) is 5.73. The monoisotopic (exact) mass is 337 g/mol. The fourth-order valence-electron chi connectivity index (χ4n) is 5.30. The molecular formula is C17H21BrFN. The Kier molecular flexibility index (Phi) is 3.19. The van der Waals surface area contributed by atoms with Crippen molar-refractivity contribution in [3.63, 3.8) is 0 Å². The van der Waals surface area contributed by atoms with Gasteiger partial charge >= 0.3 is 0 Å². The molecular weight excluding hydrogens is 317 g/mol. The number of benzene rings is 1. The molecule has 0 aromatic heterocycles. The molecule has 1 nitrogen and oxygen atoms in total. The van der Waals surface area contributed by atoms with E-state index < -0.39 is 0 Å². The third kappa shape index (κ3) is 1.97. The van der Waals surface area contributed by atoms with E-state index in [4.69, 9.17) is 0 Å². The van der Waals surface area contributed by atoms with Crippen molar-refractivity contribution in [2.24, 2.45) is 29.6 Å². The van der Waals surface area contributed by atoms with E-state index in [1.165, 1.54) is 19.3 Å². The van der Waals surface area contributed by atoms with Gasteiger partial charge in [0.2, 0.25) is 0 Å². The quantitative estimate of drug-likeness (QED) is 0.875. The van der Waals surface area contributed by atoms with Gasteiger partial charge in [0.05, 0.1) is 0 Å². The highest BCUT2D eigenvalue weighted by molar-refractivity contribution is 9.10. The SMILES string of the molecule is CNC(Cc1cc(Br)ccc1F)C1C2C3CCC(C3)C21. The Morgan fingerprint density at radius 1 is 1.30 bits per heavy atom. The van der Waals surface area contributed by atoms with Crippen molar-refractivity contribution in [2.45, 2.75) is 31.7 Å². The van der Waals surface area contributed by atoms with Crippen molar-refractivity contribution in [1.29, 1.82) is 0 Å². The van der Waals surface area contributed by atoms with Crippen molar-refractivity contribution in [2.75, 3.05) is 7.05 Å². The lowest BCUT2D eigenvalue weighted by Gasteiger charge is -2.20. The van der Waals surface area contributed by atoms with Crippen LogP contribution < -0.4 is 5.32 Å². The Morgan fingerprint density at radius 2 is 2.00 bits per heavy atom. The smallest absolute Gasteiger partial charge is 0.126 e. The van der Waals surface area contributed by atoms with Crippen molar-refractivity contribution >= 4 is 15.9 Å².